The largest absolute Gasteiger partial charge is 0.334 e. The van der Waals surface area contributed by atoms with Gasteiger partial charge in [0.15, 0.2) is 0 Å². The predicted octanol–water partition coefficient (Wildman–Crippen LogP) is -0.432. The average molecular weight is 192 g/mol. The SMILES string of the molecule is Cc1nccc(C(=O)N2CC(N)C2)n1. The topological polar surface area (TPSA) is 72.1 Å². The van der Waals surface area contributed by atoms with Crippen LogP contribution in [0.25, 0.3) is 0 Å². The molecule has 0 radical (unpaired) electrons. The lowest BCUT2D eigenvalue weighted by molar-refractivity contribution is 0.0601. The maximum absolute atomic E-state index is 11.7. The van der Waals surface area contributed by atoms with E-state index < -0.39 is 0 Å². The Hall–Kier alpha value is -1.49. The van der Waals surface area contributed by atoms with Crippen LogP contribution < -0.4 is 5.73 Å². The average Bonchev–Trinajstić information content (AvgIpc) is 2.12. The first kappa shape index (κ1) is 9.08. The molecule has 1 amide bonds. The van der Waals surface area contributed by atoms with Gasteiger partial charge in [0.25, 0.3) is 5.91 Å². The fraction of sp³-hybridized carbons (Fsp3) is 0.444. The zero-order valence-electron chi connectivity index (χ0n) is 7.97. The molecule has 0 saturated carbocycles. The Kier molecular flexibility index (Phi) is 2.17. The molecule has 1 fully saturated rings. The summed E-state index contributed by atoms with van der Waals surface area (Å²) in [5.74, 6) is 0.554. The highest BCUT2D eigenvalue weighted by molar-refractivity contribution is 5.92. The van der Waals surface area contributed by atoms with Gasteiger partial charge < -0.3 is 10.6 Å². The number of aryl methyl sites for hydroxylation is 1. The van der Waals surface area contributed by atoms with E-state index in [0.717, 1.165) is 0 Å². The molecule has 74 valence electrons. The van der Waals surface area contributed by atoms with E-state index in [9.17, 15) is 4.79 Å². The van der Waals surface area contributed by atoms with Gasteiger partial charge in [-0.15, -0.1) is 0 Å². The number of aromatic nitrogens is 2. The van der Waals surface area contributed by atoms with Crippen LogP contribution in [-0.4, -0.2) is 39.9 Å². The van der Waals surface area contributed by atoms with Crippen molar-refractivity contribution in [3.8, 4) is 0 Å². The van der Waals surface area contributed by atoms with Crippen molar-refractivity contribution >= 4 is 5.91 Å². The van der Waals surface area contributed by atoms with E-state index in [4.69, 9.17) is 5.73 Å². The molecule has 14 heavy (non-hydrogen) atoms. The maximum atomic E-state index is 11.7. The number of carbonyl (C=O) groups is 1. The second-order valence-electron chi connectivity index (χ2n) is 3.46. The molecular weight excluding hydrogens is 180 g/mol. The van der Waals surface area contributed by atoms with Gasteiger partial charge in [-0.1, -0.05) is 0 Å². The van der Waals surface area contributed by atoms with Crippen molar-refractivity contribution in [3.05, 3.63) is 23.8 Å². The van der Waals surface area contributed by atoms with E-state index in [2.05, 4.69) is 9.97 Å². The minimum absolute atomic E-state index is 0.0581. The summed E-state index contributed by atoms with van der Waals surface area (Å²) in [4.78, 5) is 21.4. The molecular formula is C9H12N4O. The number of nitrogens with zero attached hydrogens (tertiary/aromatic N) is 3. The first-order chi connectivity index (χ1) is 6.66. The van der Waals surface area contributed by atoms with Gasteiger partial charge in [-0.05, 0) is 13.0 Å². The van der Waals surface area contributed by atoms with Crippen LogP contribution in [-0.2, 0) is 0 Å². The van der Waals surface area contributed by atoms with Crippen LogP contribution in [0.15, 0.2) is 12.3 Å². The Labute approximate surface area is 82.0 Å². The highest BCUT2D eigenvalue weighted by Crippen LogP contribution is 2.09. The lowest BCUT2D eigenvalue weighted by Crippen LogP contribution is -2.57. The molecule has 1 saturated heterocycles. The molecule has 0 aromatic carbocycles. The Morgan fingerprint density at radius 3 is 2.93 bits per heavy atom. The highest BCUT2D eigenvalue weighted by atomic mass is 16.2. The maximum Gasteiger partial charge on any atom is 0.272 e. The van der Waals surface area contributed by atoms with Crippen LogP contribution in [0.2, 0.25) is 0 Å². The summed E-state index contributed by atoms with van der Waals surface area (Å²) in [6, 6.07) is 1.75. The van der Waals surface area contributed by atoms with Crippen molar-refractivity contribution < 1.29 is 4.79 Å². The first-order valence-electron chi connectivity index (χ1n) is 4.51. The Morgan fingerprint density at radius 1 is 1.64 bits per heavy atom. The Morgan fingerprint density at radius 2 is 2.36 bits per heavy atom. The number of rotatable bonds is 1. The summed E-state index contributed by atoms with van der Waals surface area (Å²) in [5.41, 5.74) is 6.04. The number of hydrogen-bond acceptors (Lipinski definition) is 4. The van der Waals surface area contributed by atoms with Crippen molar-refractivity contribution in [2.24, 2.45) is 5.73 Å². The van der Waals surface area contributed by atoms with Crippen LogP contribution in [0.4, 0.5) is 0 Å². The van der Waals surface area contributed by atoms with Crippen molar-refractivity contribution in [1.82, 2.24) is 14.9 Å². The Bertz CT molecular complexity index is 360. The molecule has 2 rings (SSSR count). The third-order valence-corrected chi connectivity index (χ3v) is 2.19. The summed E-state index contributed by atoms with van der Waals surface area (Å²) < 4.78 is 0. The molecule has 1 aliphatic heterocycles. The molecule has 0 bridgehead atoms. The number of hydrogen-bond donors (Lipinski definition) is 1. The molecule has 2 heterocycles. The molecule has 0 unspecified atom stereocenters. The monoisotopic (exact) mass is 192 g/mol. The van der Waals surface area contributed by atoms with Gasteiger partial charge in [0, 0.05) is 25.3 Å². The fourth-order valence-electron chi connectivity index (χ4n) is 1.42. The second-order valence-corrected chi connectivity index (χ2v) is 3.46. The minimum Gasteiger partial charge on any atom is -0.334 e. The van der Waals surface area contributed by atoms with Gasteiger partial charge in [0.1, 0.15) is 11.5 Å². The third kappa shape index (κ3) is 1.58. The molecule has 2 N–H and O–H groups in total. The number of likely N-dealkylation sites (tertiary alicyclic amines) is 1. The van der Waals surface area contributed by atoms with E-state index >= 15 is 0 Å². The van der Waals surface area contributed by atoms with Gasteiger partial charge in [0.2, 0.25) is 0 Å². The van der Waals surface area contributed by atoms with Gasteiger partial charge in [-0.25, -0.2) is 9.97 Å². The minimum atomic E-state index is -0.0581. The lowest BCUT2D eigenvalue weighted by atomic mass is 10.1. The van der Waals surface area contributed by atoms with Gasteiger partial charge in [-0.3, -0.25) is 4.79 Å². The smallest absolute Gasteiger partial charge is 0.272 e. The molecule has 0 atom stereocenters. The molecule has 5 nitrogen and oxygen atoms in total. The van der Waals surface area contributed by atoms with E-state index in [1.165, 1.54) is 0 Å². The zero-order valence-corrected chi connectivity index (χ0v) is 7.97. The molecule has 1 aromatic heterocycles. The standard InChI is InChI=1S/C9H12N4O/c1-6-11-3-2-8(12-6)9(14)13-4-7(10)5-13/h2-3,7H,4-5,10H2,1H3. The lowest BCUT2D eigenvalue weighted by Gasteiger charge is -2.36. The van der Waals surface area contributed by atoms with Crippen LogP contribution in [0, 0.1) is 6.92 Å². The van der Waals surface area contributed by atoms with Gasteiger partial charge in [-0.2, -0.15) is 0 Å². The predicted molar refractivity (Wildman–Crippen MR) is 50.6 cm³/mol. The quantitative estimate of drug-likeness (QED) is 0.655. The van der Waals surface area contributed by atoms with E-state index in [0.29, 0.717) is 24.6 Å². The first-order valence-corrected chi connectivity index (χ1v) is 4.51. The van der Waals surface area contributed by atoms with Gasteiger partial charge >= 0.3 is 0 Å². The molecule has 0 aliphatic carbocycles. The van der Waals surface area contributed by atoms with Crippen molar-refractivity contribution in [1.29, 1.82) is 0 Å². The number of amides is 1. The molecule has 5 heteroatoms. The van der Waals surface area contributed by atoms with Gasteiger partial charge in [0.05, 0.1) is 0 Å². The van der Waals surface area contributed by atoms with Crippen LogP contribution in [0.5, 0.6) is 0 Å². The summed E-state index contributed by atoms with van der Waals surface area (Å²) in [7, 11) is 0. The summed E-state index contributed by atoms with van der Waals surface area (Å²) >= 11 is 0. The third-order valence-electron chi connectivity index (χ3n) is 2.19. The fourth-order valence-corrected chi connectivity index (χ4v) is 1.42. The van der Waals surface area contributed by atoms with E-state index in [-0.39, 0.29) is 11.9 Å². The van der Waals surface area contributed by atoms with Crippen LogP contribution in [0.1, 0.15) is 16.3 Å². The summed E-state index contributed by atoms with van der Waals surface area (Å²) in [5, 5.41) is 0. The summed E-state index contributed by atoms with van der Waals surface area (Å²) in [6.45, 7) is 3.02. The van der Waals surface area contributed by atoms with Crippen molar-refractivity contribution in [2.45, 2.75) is 13.0 Å². The normalized spacial score (nSPS) is 16.6. The van der Waals surface area contributed by atoms with E-state index in [1.54, 1.807) is 24.1 Å². The molecule has 1 aromatic rings. The number of nitrogens with two attached hydrogens (primary N) is 1. The highest BCUT2D eigenvalue weighted by Gasteiger charge is 2.28. The zero-order chi connectivity index (χ0) is 10.1. The molecule has 0 spiro atoms. The molecule has 1 aliphatic rings. The van der Waals surface area contributed by atoms with Crippen LogP contribution in [0.3, 0.4) is 0 Å². The number of carbonyl (C=O) groups excluding carboxylic acids is 1. The second kappa shape index (κ2) is 3.34. The van der Waals surface area contributed by atoms with E-state index in [1.807, 2.05) is 0 Å². The summed E-state index contributed by atoms with van der Waals surface area (Å²) in [6.07, 6.45) is 1.59. The Balaban J connectivity index is 2.12. The van der Waals surface area contributed by atoms with Crippen molar-refractivity contribution in [2.75, 3.05) is 13.1 Å². The van der Waals surface area contributed by atoms with Crippen molar-refractivity contribution in [3.63, 3.8) is 0 Å². The van der Waals surface area contributed by atoms with Crippen LogP contribution >= 0.6 is 0 Å².